The van der Waals surface area contributed by atoms with Crippen LogP contribution in [0.3, 0.4) is 0 Å². The highest BCUT2D eigenvalue weighted by molar-refractivity contribution is 5.84. The molecule has 0 radical (unpaired) electrons. The van der Waals surface area contributed by atoms with E-state index in [4.69, 9.17) is 0 Å². The largest absolute Gasteiger partial charge is 0.361 e. The van der Waals surface area contributed by atoms with Crippen molar-refractivity contribution in [2.45, 2.75) is 20.3 Å². The molecule has 0 saturated heterocycles. The summed E-state index contributed by atoms with van der Waals surface area (Å²) in [7, 11) is 0. The van der Waals surface area contributed by atoms with E-state index in [0.29, 0.717) is 0 Å². The van der Waals surface area contributed by atoms with Crippen molar-refractivity contribution in [3.8, 4) is 0 Å². The van der Waals surface area contributed by atoms with Crippen LogP contribution in [0.15, 0.2) is 48.8 Å². The summed E-state index contributed by atoms with van der Waals surface area (Å²) < 4.78 is 0. The van der Waals surface area contributed by atoms with E-state index >= 15 is 0 Å². The lowest BCUT2D eigenvalue weighted by molar-refractivity contribution is 1.19. The molecule has 0 fully saturated rings. The van der Waals surface area contributed by atoms with Crippen molar-refractivity contribution >= 4 is 21.8 Å². The minimum Gasteiger partial charge on any atom is -0.361 e. The van der Waals surface area contributed by atoms with E-state index < -0.39 is 0 Å². The van der Waals surface area contributed by atoms with Crippen LogP contribution in [0, 0.1) is 13.8 Å². The summed E-state index contributed by atoms with van der Waals surface area (Å²) in [4.78, 5) is 6.61. The molecule has 4 rings (SSSR count). The minimum absolute atomic E-state index is 0.976. The van der Waals surface area contributed by atoms with Crippen molar-refractivity contribution in [3.63, 3.8) is 0 Å². The van der Waals surface area contributed by atoms with Crippen LogP contribution in [0.2, 0.25) is 0 Å². The van der Waals surface area contributed by atoms with Crippen molar-refractivity contribution < 1.29 is 0 Å². The smallest absolute Gasteiger partial charge is 0.0483 e. The monoisotopic (exact) mass is 274 g/mol. The van der Waals surface area contributed by atoms with Gasteiger partial charge in [0.1, 0.15) is 0 Å². The van der Waals surface area contributed by atoms with Gasteiger partial charge in [0.15, 0.2) is 0 Å². The number of aromatic nitrogens is 2. The molecule has 2 nitrogen and oxygen atoms in total. The molecule has 0 aliphatic rings. The van der Waals surface area contributed by atoms with Gasteiger partial charge in [0.25, 0.3) is 0 Å². The third-order valence-electron chi connectivity index (χ3n) is 4.24. The molecule has 2 heterocycles. The number of aryl methyl sites for hydroxylation is 2. The Kier molecular flexibility index (Phi) is 2.64. The Morgan fingerprint density at radius 1 is 0.714 bits per heavy atom. The van der Waals surface area contributed by atoms with Crippen LogP contribution < -0.4 is 0 Å². The van der Waals surface area contributed by atoms with Gasteiger partial charge >= 0.3 is 0 Å². The number of fused-ring (bicyclic) bond motifs is 2. The van der Waals surface area contributed by atoms with Gasteiger partial charge in [0.2, 0.25) is 0 Å². The topological polar surface area (TPSA) is 31.6 Å². The summed E-state index contributed by atoms with van der Waals surface area (Å²) in [6.07, 6.45) is 5.00. The normalized spacial score (nSPS) is 11.5. The van der Waals surface area contributed by atoms with E-state index in [1.54, 1.807) is 0 Å². The highest BCUT2D eigenvalue weighted by Gasteiger charge is 2.06. The number of hydrogen-bond acceptors (Lipinski definition) is 0. The van der Waals surface area contributed by atoms with Gasteiger partial charge in [-0.1, -0.05) is 12.1 Å². The molecule has 0 spiro atoms. The Hall–Kier alpha value is -2.48. The van der Waals surface area contributed by atoms with Crippen LogP contribution in [0.5, 0.6) is 0 Å². The lowest BCUT2D eigenvalue weighted by Gasteiger charge is -2.07. The van der Waals surface area contributed by atoms with Gasteiger partial charge in [0.05, 0.1) is 0 Å². The summed E-state index contributed by atoms with van der Waals surface area (Å²) in [5, 5.41) is 2.59. The van der Waals surface area contributed by atoms with Crippen LogP contribution in [-0.2, 0) is 6.42 Å². The van der Waals surface area contributed by atoms with E-state index in [-0.39, 0.29) is 0 Å². The van der Waals surface area contributed by atoms with E-state index in [9.17, 15) is 0 Å². The van der Waals surface area contributed by atoms with E-state index in [1.807, 2.05) is 12.4 Å². The van der Waals surface area contributed by atoms with Gasteiger partial charge in [0, 0.05) is 23.4 Å². The van der Waals surface area contributed by atoms with Gasteiger partial charge in [-0.15, -0.1) is 0 Å². The molecule has 2 aromatic heterocycles. The average Bonchev–Trinajstić information content (AvgIpc) is 3.07. The predicted molar refractivity (Wildman–Crippen MR) is 88.9 cm³/mol. The number of nitrogens with one attached hydrogen (secondary N) is 2. The van der Waals surface area contributed by atoms with Gasteiger partial charge in [-0.25, -0.2) is 0 Å². The van der Waals surface area contributed by atoms with Gasteiger partial charge < -0.3 is 9.97 Å². The molecule has 2 N–H and O–H groups in total. The molecule has 0 bridgehead atoms. The number of H-pyrrole nitrogens is 2. The van der Waals surface area contributed by atoms with E-state index in [2.05, 4.69) is 60.2 Å². The highest BCUT2D eigenvalue weighted by Crippen LogP contribution is 2.24. The van der Waals surface area contributed by atoms with Crippen LogP contribution >= 0.6 is 0 Å². The first-order valence-electron chi connectivity index (χ1n) is 7.34. The molecule has 0 saturated carbocycles. The number of aromatic amines is 2. The van der Waals surface area contributed by atoms with Crippen molar-refractivity contribution in [1.82, 2.24) is 9.97 Å². The predicted octanol–water partition coefficient (Wildman–Crippen LogP) is 4.86. The summed E-state index contributed by atoms with van der Waals surface area (Å²) in [6, 6.07) is 13.4. The molecule has 2 heteroatoms. The summed E-state index contributed by atoms with van der Waals surface area (Å²) in [5.41, 5.74) is 7.86. The Bertz CT molecular complexity index is 863. The molecule has 0 aliphatic carbocycles. The molecule has 0 aliphatic heterocycles. The molecule has 2 aromatic carbocycles. The zero-order valence-electron chi connectivity index (χ0n) is 12.3. The number of hydrogen-bond donors (Lipinski definition) is 2. The SMILES string of the molecule is Cc1cc(Cc2cc(C)c3[nH]ccc3c2)cc2cc[nH]c12. The highest BCUT2D eigenvalue weighted by atomic mass is 14.7. The van der Waals surface area contributed by atoms with Crippen LogP contribution in [0.1, 0.15) is 22.3 Å². The van der Waals surface area contributed by atoms with Gasteiger partial charge in [-0.05, 0) is 77.6 Å². The zero-order chi connectivity index (χ0) is 14.4. The summed E-state index contributed by atoms with van der Waals surface area (Å²) >= 11 is 0. The maximum absolute atomic E-state index is 3.30. The first kappa shape index (κ1) is 12.3. The second kappa shape index (κ2) is 4.52. The van der Waals surface area contributed by atoms with Crippen molar-refractivity contribution in [2.24, 2.45) is 0 Å². The fraction of sp³-hybridized carbons (Fsp3) is 0.158. The van der Waals surface area contributed by atoms with E-state index in [1.165, 1.54) is 44.1 Å². The first-order chi connectivity index (χ1) is 10.2. The van der Waals surface area contributed by atoms with Crippen molar-refractivity contribution in [1.29, 1.82) is 0 Å². The molecular weight excluding hydrogens is 256 g/mol. The Morgan fingerprint density at radius 2 is 1.19 bits per heavy atom. The fourth-order valence-electron chi connectivity index (χ4n) is 3.31. The number of benzene rings is 2. The molecule has 4 aromatic rings. The van der Waals surface area contributed by atoms with Crippen LogP contribution in [0.25, 0.3) is 21.8 Å². The summed E-state index contributed by atoms with van der Waals surface area (Å²) in [5.74, 6) is 0. The van der Waals surface area contributed by atoms with Crippen LogP contribution in [-0.4, -0.2) is 9.97 Å². The maximum Gasteiger partial charge on any atom is 0.0483 e. The zero-order valence-corrected chi connectivity index (χ0v) is 12.3. The lowest BCUT2D eigenvalue weighted by atomic mass is 9.98. The third kappa shape index (κ3) is 2.04. The van der Waals surface area contributed by atoms with Gasteiger partial charge in [-0.2, -0.15) is 0 Å². The second-order valence-corrected chi connectivity index (χ2v) is 5.89. The summed E-state index contributed by atoms with van der Waals surface area (Å²) in [6.45, 7) is 4.34. The van der Waals surface area contributed by atoms with Crippen LogP contribution in [0.4, 0.5) is 0 Å². The van der Waals surface area contributed by atoms with Crippen molar-refractivity contribution in [3.05, 3.63) is 71.0 Å². The minimum atomic E-state index is 0.976. The maximum atomic E-state index is 3.30. The van der Waals surface area contributed by atoms with Crippen molar-refractivity contribution in [2.75, 3.05) is 0 Å². The Balaban J connectivity index is 1.78. The Labute approximate surface area is 123 Å². The molecule has 21 heavy (non-hydrogen) atoms. The molecule has 0 atom stereocenters. The lowest BCUT2D eigenvalue weighted by Crippen LogP contribution is -1.91. The molecular formula is C19H18N2. The molecule has 0 amide bonds. The number of rotatable bonds is 2. The first-order valence-corrected chi connectivity index (χ1v) is 7.34. The standard InChI is InChI=1S/C19H18N2/c1-12-7-14(10-16-3-5-20-18(12)16)9-15-8-13(2)19-17(11-15)4-6-21-19/h3-8,10-11,20-21H,9H2,1-2H3. The van der Waals surface area contributed by atoms with E-state index in [0.717, 1.165) is 6.42 Å². The average molecular weight is 274 g/mol. The Morgan fingerprint density at radius 3 is 1.67 bits per heavy atom. The third-order valence-corrected chi connectivity index (χ3v) is 4.24. The fourth-order valence-corrected chi connectivity index (χ4v) is 3.31. The second-order valence-electron chi connectivity index (χ2n) is 5.89. The quantitative estimate of drug-likeness (QED) is 0.523. The van der Waals surface area contributed by atoms with Gasteiger partial charge in [-0.3, -0.25) is 0 Å². The molecule has 0 unspecified atom stereocenters. The molecule has 104 valence electrons.